The average molecular weight is 227 g/mol. The highest BCUT2D eigenvalue weighted by molar-refractivity contribution is 5.78. The molecule has 0 saturated carbocycles. The molecule has 0 aromatic heterocycles. The van der Waals surface area contributed by atoms with Gasteiger partial charge in [0, 0.05) is 12.8 Å². The highest BCUT2D eigenvalue weighted by atomic mass is 16.1. The molecule has 0 fully saturated rings. The molecule has 0 bridgehead atoms. The largest absolute Gasteiger partial charge is 0.330 e. The van der Waals surface area contributed by atoms with Crippen LogP contribution in [0.4, 0.5) is 0 Å². The van der Waals surface area contributed by atoms with Crippen molar-refractivity contribution in [3.63, 3.8) is 0 Å². The second-order valence-electron chi connectivity index (χ2n) is 6.32. The molecule has 1 unspecified atom stereocenters. The van der Waals surface area contributed by atoms with Crippen molar-refractivity contribution >= 4 is 5.78 Å². The number of nitrogens with two attached hydrogens (primary N) is 1. The third-order valence-corrected chi connectivity index (χ3v) is 3.15. The first-order chi connectivity index (χ1) is 7.27. The Morgan fingerprint density at radius 2 is 1.75 bits per heavy atom. The van der Waals surface area contributed by atoms with Gasteiger partial charge in [0.25, 0.3) is 0 Å². The van der Waals surface area contributed by atoms with Crippen molar-refractivity contribution in [2.45, 2.75) is 60.3 Å². The summed E-state index contributed by atoms with van der Waals surface area (Å²) in [7, 11) is 0. The molecule has 2 nitrogen and oxygen atoms in total. The first kappa shape index (κ1) is 15.6. The van der Waals surface area contributed by atoms with Crippen LogP contribution in [0.5, 0.6) is 0 Å². The molecule has 0 aromatic rings. The number of Topliss-reactive ketones (excluding diaryl/α,β-unsaturated/α-hetero) is 1. The second-order valence-corrected chi connectivity index (χ2v) is 6.32. The van der Waals surface area contributed by atoms with E-state index >= 15 is 0 Å². The number of hydrogen-bond donors (Lipinski definition) is 1. The lowest BCUT2D eigenvalue weighted by Crippen LogP contribution is -2.24. The lowest BCUT2D eigenvalue weighted by molar-refractivity contribution is -0.120. The third kappa shape index (κ3) is 7.00. The summed E-state index contributed by atoms with van der Waals surface area (Å²) in [6.07, 6.45) is 3.46. The minimum absolute atomic E-state index is 0.261. The Bertz CT molecular complexity index is 203. The van der Waals surface area contributed by atoms with Crippen LogP contribution in [0.25, 0.3) is 0 Å². The maximum absolute atomic E-state index is 11.7. The summed E-state index contributed by atoms with van der Waals surface area (Å²) in [4.78, 5) is 11.7. The maximum Gasteiger partial charge on any atom is 0.133 e. The van der Waals surface area contributed by atoms with Crippen molar-refractivity contribution in [1.29, 1.82) is 0 Å². The van der Waals surface area contributed by atoms with Gasteiger partial charge in [-0.1, -0.05) is 34.6 Å². The first-order valence-corrected chi connectivity index (χ1v) is 6.49. The Hall–Kier alpha value is -0.370. The fraction of sp³-hybridized carbons (Fsp3) is 0.929. The highest BCUT2D eigenvalue weighted by Gasteiger charge is 2.24. The molecule has 0 amide bonds. The number of carbonyl (C=O) groups is 1. The number of ketones is 1. The fourth-order valence-electron chi connectivity index (χ4n) is 2.10. The van der Waals surface area contributed by atoms with Crippen LogP contribution in [0.3, 0.4) is 0 Å². The Morgan fingerprint density at radius 1 is 1.19 bits per heavy atom. The van der Waals surface area contributed by atoms with Crippen LogP contribution in [0.1, 0.15) is 60.3 Å². The lowest BCUT2D eigenvalue weighted by Gasteiger charge is -2.30. The van der Waals surface area contributed by atoms with E-state index in [-0.39, 0.29) is 5.41 Å². The Morgan fingerprint density at radius 3 is 2.12 bits per heavy atom. The van der Waals surface area contributed by atoms with Gasteiger partial charge in [-0.05, 0) is 36.6 Å². The minimum atomic E-state index is 0.261. The van der Waals surface area contributed by atoms with Crippen molar-refractivity contribution < 1.29 is 4.79 Å². The van der Waals surface area contributed by atoms with Gasteiger partial charge in [-0.15, -0.1) is 0 Å². The smallest absolute Gasteiger partial charge is 0.133 e. The van der Waals surface area contributed by atoms with E-state index in [1.54, 1.807) is 0 Å². The SMILES string of the molecule is CC(C)CC(=O)CCC(CCN)C(C)(C)C. The normalized spacial score (nSPS) is 14.2. The van der Waals surface area contributed by atoms with Gasteiger partial charge in [0.2, 0.25) is 0 Å². The molecule has 0 heterocycles. The molecule has 0 spiro atoms. The predicted octanol–water partition coefficient (Wildman–Crippen LogP) is 3.39. The van der Waals surface area contributed by atoms with Gasteiger partial charge in [-0.2, -0.15) is 0 Å². The van der Waals surface area contributed by atoms with Gasteiger partial charge >= 0.3 is 0 Å². The van der Waals surface area contributed by atoms with Crippen molar-refractivity contribution in [1.82, 2.24) is 0 Å². The molecular formula is C14H29NO. The molecule has 0 aliphatic carbocycles. The summed E-state index contributed by atoms with van der Waals surface area (Å²) in [6, 6.07) is 0. The predicted molar refractivity (Wildman–Crippen MR) is 70.3 cm³/mol. The van der Waals surface area contributed by atoms with Crippen molar-refractivity contribution in [3.05, 3.63) is 0 Å². The van der Waals surface area contributed by atoms with Crippen molar-refractivity contribution in [2.24, 2.45) is 23.0 Å². The number of rotatable bonds is 7. The van der Waals surface area contributed by atoms with Gasteiger partial charge in [0.15, 0.2) is 0 Å². The van der Waals surface area contributed by atoms with Gasteiger partial charge in [0.1, 0.15) is 5.78 Å². The van der Waals surface area contributed by atoms with Crippen LogP contribution < -0.4 is 5.73 Å². The van der Waals surface area contributed by atoms with Crippen LogP contribution in [0.15, 0.2) is 0 Å². The standard InChI is InChI=1S/C14H29NO/c1-11(2)10-13(16)7-6-12(8-9-15)14(3,4)5/h11-12H,6-10,15H2,1-5H3. The fourth-order valence-corrected chi connectivity index (χ4v) is 2.10. The number of hydrogen-bond acceptors (Lipinski definition) is 2. The molecule has 2 heteroatoms. The first-order valence-electron chi connectivity index (χ1n) is 6.49. The van der Waals surface area contributed by atoms with Crippen molar-refractivity contribution in [2.75, 3.05) is 6.54 Å². The molecule has 0 rings (SSSR count). The van der Waals surface area contributed by atoms with Crippen LogP contribution in [0, 0.1) is 17.3 Å². The van der Waals surface area contributed by atoms with Gasteiger partial charge in [0.05, 0.1) is 0 Å². The molecule has 0 aliphatic rings. The molecule has 0 aromatic carbocycles. The van der Waals surface area contributed by atoms with Gasteiger partial charge < -0.3 is 5.73 Å². The summed E-state index contributed by atoms with van der Waals surface area (Å²) in [5.74, 6) is 1.45. The molecular weight excluding hydrogens is 198 g/mol. The summed E-state index contributed by atoms with van der Waals surface area (Å²) < 4.78 is 0. The summed E-state index contributed by atoms with van der Waals surface area (Å²) >= 11 is 0. The molecule has 96 valence electrons. The second kappa shape index (κ2) is 7.05. The van der Waals surface area contributed by atoms with Crippen molar-refractivity contribution in [3.8, 4) is 0 Å². The molecule has 0 radical (unpaired) electrons. The quantitative estimate of drug-likeness (QED) is 0.724. The highest BCUT2D eigenvalue weighted by Crippen LogP contribution is 2.32. The van der Waals surface area contributed by atoms with Crippen LogP contribution in [-0.2, 0) is 4.79 Å². The van der Waals surface area contributed by atoms with Crippen LogP contribution in [0.2, 0.25) is 0 Å². The zero-order valence-corrected chi connectivity index (χ0v) is 11.7. The van der Waals surface area contributed by atoms with E-state index < -0.39 is 0 Å². The maximum atomic E-state index is 11.7. The Labute approximate surface area is 101 Å². The summed E-state index contributed by atoms with van der Waals surface area (Å²) in [5, 5.41) is 0. The molecule has 0 saturated heterocycles. The average Bonchev–Trinajstić information content (AvgIpc) is 2.08. The van der Waals surface area contributed by atoms with E-state index in [1.807, 2.05) is 0 Å². The Kier molecular flexibility index (Phi) is 6.89. The van der Waals surface area contributed by atoms with E-state index in [2.05, 4.69) is 34.6 Å². The molecule has 0 aliphatic heterocycles. The van der Waals surface area contributed by atoms with E-state index in [4.69, 9.17) is 5.73 Å². The zero-order chi connectivity index (χ0) is 12.8. The number of carbonyl (C=O) groups excluding carboxylic acids is 1. The molecule has 2 N–H and O–H groups in total. The van der Waals surface area contributed by atoms with Gasteiger partial charge in [-0.3, -0.25) is 4.79 Å². The van der Waals surface area contributed by atoms with E-state index in [1.165, 1.54) is 0 Å². The van der Waals surface area contributed by atoms with Gasteiger partial charge in [-0.25, -0.2) is 0 Å². The lowest BCUT2D eigenvalue weighted by atomic mass is 9.76. The van der Waals surface area contributed by atoms with E-state index in [9.17, 15) is 4.79 Å². The zero-order valence-electron chi connectivity index (χ0n) is 11.7. The minimum Gasteiger partial charge on any atom is -0.330 e. The monoisotopic (exact) mass is 227 g/mol. The van der Waals surface area contributed by atoms with Crippen LogP contribution >= 0.6 is 0 Å². The van der Waals surface area contributed by atoms with Crippen LogP contribution in [-0.4, -0.2) is 12.3 Å². The van der Waals surface area contributed by atoms with E-state index in [0.29, 0.717) is 17.6 Å². The molecule has 1 atom stereocenters. The molecule has 16 heavy (non-hydrogen) atoms. The summed E-state index contributed by atoms with van der Waals surface area (Å²) in [6.45, 7) is 11.6. The van der Waals surface area contributed by atoms with E-state index in [0.717, 1.165) is 32.2 Å². The Balaban J connectivity index is 4.07. The third-order valence-electron chi connectivity index (χ3n) is 3.15. The summed E-state index contributed by atoms with van der Waals surface area (Å²) in [5.41, 5.74) is 5.89. The topological polar surface area (TPSA) is 43.1 Å².